The standard InChI is InChI=1S/C23H19N3OS/c27-22-21(19-14-8-3-9-15-19)28-23(24-22)26-25-20(18-12-6-2-7-13-18)16-17-10-4-1-5-11-17/h1-15,21H,16H2,(H,24,26,27)/b25-20-/t21-/m1/s1. The van der Waals surface area contributed by atoms with Gasteiger partial charge in [-0.05, 0) is 16.7 Å². The van der Waals surface area contributed by atoms with Crippen LogP contribution in [0.5, 0.6) is 0 Å². The van der Waals surface area contributed by atoms with Gasteiger partial charge in [0.2, 0.25) is 5.91 Å². The van der Waals surface area contributed by atoms with Crippen LogP contribution in [0.25, 0.3) is 0 Å². The third-order valence-electron chi connectivity index (χ3n) is 4.38. The normalized spacial score (nSPS) is 18.3. The van der Waals surface area contributed by atoms with Gasteiger partial charge in [0.05, 0.1) is 5.71 Å². The monoisotopic (exact) mass is 385 g/mol. The van der Waals surface area contributed by atoms with Crippen molar-refractivity contribution in [2.24, 2.45) is 10.2 Å². The van der Waals surface area contributed by atoms with Crippen LogP contribution in [-0.4, -0.2) is 16.8 Å². The maximum absolute atomic E-state index is 12.3. The molecule has 4 rings (SSSR count). The molecule has 1 saturated heterocycles. The average molecular weight is 385 g/mol. The van der Waals surface area contributed by atoms with Crippen LogP contribution >= 0.6 is 11.8 Å². The lowest BCUT2D eigenvalue weighted by Crippen LogP contribution is -2.21. The number of hydrogen-bond donors (Lipinski definition) is 1. The lowest BCUT2D eigenvalue weighted by molar-refractivity contribution is -0.118. The Bertz CT molecular complexity index is 1000. The van der Waals surface area contributed by atoms with E-state index in [1.165, 1.54) is 11.8 Å². The molecule has 1 N–H and O–H groups in total. The number of nitrogens with one attached hydrogen (secondary N) is 1. The van der Waals surface area contributed by atoms with Crippen molar-refractivity contribution in [3.05, 3.63) is 108 Å². The van der Waals surface area contributed by atoms with Gasteiger partial charge in [0.1, 0.15) is 5.25 Å². The summed E-state index contributed by atoms with van der Waals surface area (Å²) in [5.74, 6) is -0.0607. The second-order valence-corrected chi connectivity index (χ2v) is 7.47. The molecule has 4 nitrogen and oxygen atoms in total. The first-order chi connectivity index (χ1) is 13.8. The molecule has 0 spiro atoms. The van der Waals surface area contributed by atoms with Gasteiger partial charge in [-0.3, -0.25) is 4.79 Å². The number of carbonyl (C=O) groups excluding carboxylic acids is 1. The third kappa shape index (κ3) is 4.38. The van der Waals surface area contributed by atoms with Crippen molar-refractivity contribution < 1.29 is 4.79 Å². The maximum atomic E-state index is 12.3. The van der Waals surface area contributed by atoms with Crippen LogP contribution in [0.3, 0.4) is 0 Å². The highest BCUT2D eigenvalue weighted by Gasteiger charge is 2.31. The Morgan fingerprint density at radius 3 is 2.14 bits per heavy atom. The average Bonchev–Trinajstić information content (AvgIpc) is 3.13. The van der Waals surface area contributed by atoms with Crippen molar-refractivity contribution in [1.29, 1.82) is 0 Å². The predicted molar refractivity (Wildman–Crippen MR) is 115 cm³/mol. The summed E-state index contributed by atoms with van der Waals surface area (Å²) in [4.78, 5) is 12.3. The number of benzene rings is 3. The van der Waals surface area contributed by atoms with Crippen LogP contribution in [0.4, 0.5) is 0 Å². The quantitative estimate of drug-likeness (QED) is 0.516. The van der Waals surface area contributed by atoms with Crippen molar-refractivity contribution in [1.82, 2.24) is 5.32 Å². The molecule has 28 heavy (non-hydrogen) atoms. The fraction of sp³-hybridized carbons (Fsp3) is 0.0870. The molecule has 138 valence electrons. The van der Waals surface area contributed by atoms with Gasteiger partial charge < -0.3 is 5.32 Å². The lowest BCUT2D eigenvalue weighted by atomic mass is 10.0. The molecule has 3 aromatic rings. The Morgan fingerprint density at radius 2 is 1.46 bits per heavy atom. The molecule has 0 unspecified atom stereocenters. The largest absolute Gasteiger partial charge is 0.302 e. The first-order valence-corrected chi connectivity index (χ1v) is 9.94. The summed E-state index contributed by atoms with van der Waals surface area (Å²) in [5.41, 5.74) is 4.00. The molecule has 0 aliphatic carbocycles. The first kappa shape index (κ1) is 18.2. The first-order valence-electron chi connectivity index (χ1n) is 9.06. The number of nitrogens with zero attached hydrogens (tertiary/aromatic N) is 2. The zero-order valence-electron chi connectivity index (χ0n) is 15.2. The zero-order chi connectivity index (χ0) is 19.2. The molecule has 0 saturated carbocycles. The number of carbonyl (C=O) groups is 1. The van der Waals surface area contributed by atoms with E-state index in [0.29, 0.717) is 11.6 Å². The summed E-state index contributed by atoms with van der Waals surface area (Å²) in [7, 11) is 0. The summed E-state index contributed by atoms with van der Waals surface area (Å²) in [6, 6.07) is 29.9. The number of amides is 1. The highest BCUT2D eigenvalue weighted by atomic mass is 32.2. The number of hydrogen-bond acceptors (Lipinski definition) is 4. The summed E-state index contributed by atoms with van der Waals surface area (Å²) in [6.07, 6.45) is 0.669. The van der Waals surface area contributed by atoms with Crippen LogP contribution in [-0.2, 0) is 11.2 Å². The number of amidine groups is 1. The van der Waals surface area contributed by atoms with Crippen LogP contribution in [0.15, 0.2) is 101 Å². The van der Waals surface area contributed by atoms with Gasteiger partial charge in [0.25, 0.3) is 0 Å². The molecule has 3 aromatic carbocycles. The smallest absolute Gasteiger partial charge is 0.244 e. The van der Waals surface area contributed by atoms with Gasteiger partial charge in [0.15, 0.2) is 5.17 Å². The van der Waals surface area contributed by atoms with E-state index in [9.17, 15) is 4.79 Å². The summed E-state index contributed by atoms with van der Waals surface area (Å²) < 4.78 is 0. The Kier molecular flexibility index (Phi) is 5.64. The van der Waals surface area contributed by atoms with E-state index in [1.54, 1.807) is 0 Å². The van der Waals surface area contributed by atoms with Crippen LogP contribution in [0.1, 0.15) is 21.9 Å². The van der Waals surface area contributed by atoms with Gasteiger partial charge >= 0.3 is 0 Å². The van der Waals surface area contributed by atoms with E-state index >= 15 is 0 Å². The number of rotatable bonds is 5. The molecular formula is C23H19N3OS. The summed E-state index contributed by atoms with van der Waals surface area (Å²) >= 11 is 1.40. The van der Waals surface area contributed by atoms with Crippen molar-refractivity contribution >= 4 is 28.5 Å². The van der Waals surface area contributed by atoms with Gasteiger partial charge in [-0.1, -0.05) is 103 Å². The second-order valence-electron chi connectivity index (χ2n) is 6.38. The minimum absolute atomic E-state index is 0.0607. The minimum Gasteiger partial charge on any atom is -0.302 e. The highest BCUT2D eigenvalue weighted by Crippen LogP contribution is 2.34. The Morgan fingerprint density at radius 1 is 0.857 bits per heavy atom. The van der Waals surface area contributed by atoms with Crippen LogP contribution in [0.2, 0.25) is 0 Å². The van der Waals surface area contributed by atoms with Gasteiger partial charge in [-0.15, -0.1) is 5.10 Å². The molecule has 1 amide bonds. The molecule has 1 aliphatic rings. The fourth-order valence-electron chi connectivity index (χ4n) is 2.98. The molecule has 1 aliphatic heterocycles. The van der Waals surface area contributed by atoms with Crippen LogP contribution in [0, 0.1) is 0 Å². The molecule has 1 fully saturated rings. The fourth-order valence-corrected chi connectivity index (χ4v) is 3.91. The van der Waals surface area contributed by atoms with Crippen molar-refractivity contribution in [2.75, 3.05) is 0 Å². The van der Waals surface area contributed by atoms with E-state index in [0.717, 1.165) is 22.4 Å². The number of thioether (sulfide) groups is 1. The van der Waals surface area contributed by atoms with Crippen molar-refractivity contribution in [2.45, 2.75) is 11.7 Å². The SMILES string of the molecule is O=C1N/C(=N\N=C(\Cc2ccccc2)c2ccccc2)S[C@@H]1c1ccccc1. The van der Waals surface area contributed by atoms with E-state index in [2.05, 4.69) is 27.7 Å². The third-order valence-corrected chi connectivity index (χ3v) is 5.51. The molecule has 0 aromatic heterocycles. The molecule has 1 heterocycles. The lowest BCUT2D eigenvalue weighted by Gasteiger charge is -2.06. The Hall–Kier alpha value is -3.18. The van der Waals surface area contributed by atoms with E-state index < -0.39 is 0 Å². The molecule has 1 atom stereocenters. The molecule has 0 bridgehead atoms. The molecular weight excluding hydrogens is 366 g/mol. The van der Waals surface area contributed by atoms with Gasteiger partial charge in [0, 0.05) is 6.42 Å². The summed E-state index contributed by atoms with van der Waals surface area (Å²) in [5, 5.41) is 11.9. The minimum atomic E-state index is -0.288. The second kappa shape index (κ2) is 8.67. The predicted octanol–water partition coefficient (Wildman–Crippen LogP) is 4.59. The van der Waals surface area contributed by atoms with Gasteiger partial charge in [-0.2, -0.15) is 5.10 Å². The van der Waals surface area contributed by atoms with Gasteiger partial charge in [-0.25, -0.2) is 0 Å². The Labute approximate surface area is 168 Å². The van der Waals surface area contributed by atoms with Crippen molar-refractivity contribution in [3.8, 4) is 0 Å². The van der Waals surface area contributed by atoms with Crippen LogP contribution < -0.4 is 5.32 Å². The highest BCUT2D eigenvalue weighted by molar-refractivity contribution is 8.15. The molecule has 5 heteroatoms. The maximum Gasteiger partial charge on any atom is 0.244 e. The van der Waals surface area contributed by atoms with E-state index in [-0.39, 0.29) is 11.2 Å². The van der Waals surface area contributed by atoms with E-state index in [4.69, 9.17) is 0 Å². The summed E-state index contributed by atoms with van der Waals surface area (Å²) in [6.45, 7) is 0. The topological polar surface area (TPSA) is 53.8 Å². The van der Waals surface area contributed by atoms with E-state index in [1.807, 2.05) is 78.9 Å². The molecule has 0 radical (unpaired) electrons. The zero-order valence-corrected chi connectivity index (χ0v) is 16.0. The Balaban J connectivity index is 1.59. The van der Waals surface area contributed by atoms with Crippen molar-refractivity contribution in [3.63, 3.8) is 0 Å².